The maximum Gasteiger partial charge on any atom is 0.119 e. The first-order valence-electron chi connectivity index (χ1n) is 7.59. The van der Waals surface area contributed by atoms with Gasteiger partial charge >= 0.3 is 0 Å². The lowest BCUT2D eigenvalue weighted by molar-refractivity contribution is 0.414. The van der Waals surface area contributed by atoms with Gasteiger partial charge in [0.2, 0.25) is 0 Å². The number of nitrogens with zero attached hydrogens (tertiary/aromatic N) is 1. The van der Waals surface area contributed by atoms with E-state index < -0.39 is 0 Å². The van der Waals surface area contributed by atoms with Crippen LogP contribution in [0.3, 0.4) is 0 Å². The predicted octanol–water partition coefficient (Wildman–Crippen LogP) is 4.44. The normalized spacial score (nSPS) is 14.0. The summed E-state index contributed by atoms with van der Waals surface area (Å²) in [7, 11) is 1.73. The van der Waals surface area contributed by atoms with Gasteiger partial charge in [0, 0.05) is 12.4 Å². The molecule has 1 aromatic carbocycles. The maximum atomic E-state index is 5.35. The van der Waals surface area contributed by atoms with Crippen LogP contribution in [0.5, 0.6) is 5.75 Å². The number of allylic oxidation sites excluding steroid dienone is 2. The predicted molar refractivity (Wildman–Crippen MR) is 86.5 cm³/mol. The maximum absolute atomic E-state index is 5.35. The third-order valence-electron chi connectivity index (χ3n) is 4.28. The van der Waals surface area contributed by atoms with Gasteiger partial charge in [-0.25, -0.2) is 0 Å². The largest absolute Gasteiger partial charge is 0.497 e. The van der Waals surface area contributed by atoms with Crippen molar-refractivity contribution in [2.45, 2.75) is 32.6 Å². The van der Waals surface area contributed by atoms with Crippen LogP contribution < -0.4 is 4.74 Å². The molecule has 0 N–H and O–H groups in total. The molecule has 0 atom stereocenters. The fourth-order valence-electron chi connectivity index (χ4n) is 3.21. The molecule has 1 aliphatic rings. The van der Waals surface area contributed by atoms with Crippen molar-refractivity contribution in [2.24, 2.45) is 0 Å². The van der Waals surface area contributed by atoms with Gasteiger partial charge in [0.05, 0.1) is 7.11 Å². The topological polar surface area (TPSA) is 22.1 Å². The summed E-state index contributed by atoms with van der Waals surface area (Å²) in [6.07, 6.45) is 8.13. The molecule has 0 fully saturated rings. The smallest absolute Gasteiger partial charge is 0.119 e. The fourth-order valence-corrected chi connectivity index (χ4v) is 3.21. The highest BCUT2D eigenvalue weighted by atomic mass is 16.5. The van der Waals surface area contributed by atoms with E-state index in [2.05, 4.69) is 42.2 Å². The van der Waals surface area contributed by atoms with Crippen molar-refractivity contribution < 1.29 is 4.74 Å². The molecular weight excluding hydrogens is 258 g/mol. The number of aromatic nitrogens is 1. The summed E-state index contributed by atoms with van der Waals surface area (Å²) in [6.45, 7) is 2.25. The van der Waals surface area contributed by atoms with Crippen molar-refractivity contribution in [1.29, 1.82) is 0 Å². The molecule has 0 bridgehead atoms. The number of hydrogen-bond donors (Lipinski definition) is 0. The summed E-state index contributed by atoms with van der Waals surface area (Å²) < 4.78 is 5.35. The molecule has 0 unspecified atom stereocenters. The number of methoxy groups -OCH3 is 1. The second kappa shape index (κ2) is 6.13. The Labute approximate surface area is 126 Å². The van der Waals surface area contributed by atoms with Gasteiger partial charge in [-0.3, -0.25) is 4.98 Å². The summed E-state index contributed by atoms with van der Waals surface area (Å²) in [4.78, 5) is 4.10. The first-order valence-corrected chi connectivity index (χ1v) is 7.59. The first kappa shape index (κ1) is 13.9. The lowest BCUT2D eigenvalue weighted by Crippen LogP contribution is -2.07. The number of rotatable bonds is 4. The Bertz CT molecular complexity index is 659. The average Bonchev–Trinajstić information content (AvgIpc) is 2.55. The minimum absolute atomic E-state index is 0.960. The number of fused-ring (bicyclic) bond motifs is 1. The Morgan fingerprint density at radius 1 is 1.10 bits per heavy atom. The van der Waals surface area contributed by atoms with Crippen molar-refractivity contribution in [3.63, 3.8) is 0 Å². The minimum atomic E-state index is 0.960. The molecule has 2 nitrogen and oxygen atoms in total. The van der Waals surface area contributed by atoms with Crippen molar-refractivity contribution in [3.05, 3.63) is 65.0 Å². The van der Waals surface area contributed by atoms with Gasteiger partial charge < -0.3 is 4.74 Å². The Hall–Kier alpha value is -2.09. The zero-order valence-corrected chi connectivity index (χ0v) is 12.7. The minimum Gasteiger partial charge on any atom is -0.497 e. The van der Waals surface area contributed by atoms with Gasteiger partial charge in [0.1, 0.15) is 5.75 Å². The van der Waals surface area contributed by atoms with Crippen LogP contribution >= 0.6 is 0 Å². The number of benzene rings is 1. The van der Waals surface area contributed by atoms with Gasteiger partial charge in [-0.2, -0.15) is 0 Å². The highest BCUT2D eigenvalue weighted by Gasteiger charge is 2.18. The van der Waals surface area contributed by atoms with E-state index in [0.29, 0.717) is 0 Å². The Morgan fingerprint density at radius 2 is 1.90 bits per heavy atom. The fraction of sp³-hybridized carbons (Fsp3) is 0.316. The molecule has 0 amide bonds. The van der Waals surface area contributed by atoms with Gasteiger partial charge in [-0.15, -0.1) is 0 Å². The summed E-state index contributed by atoms with van der Waals surface area (Å²) in [6, 6.07) is 10.7. The number of ether oxygens (including phenoxy) is 1. The van der Waals surface area contributed by atoms with Gasteiger partial charge in [-0.05, 0) is 72.2 Å². The van der Waals surface area contributed by atoms with Crippen LogP contribution in [-0.4, -0.2) is 12.1 Å². The van der Waals surface area contributed by atoms with Crippen LogP contribution in [0.15, 0.2) is 48.3 Å². The van der Waals surface area contributed by atoms with Crippen LogP contribution in [0.4, 0.5) is 0 Å². The standard InChI is InChI=1S/C19H21NO/c1-3-18-15(12-14-8-10-20-11-9-14)4-5-16-13-17(21-2)6-7-19(16)18/h6-11,13H,3-5,12H2,1-2H3. The molecule has 0 spiro atoms. The van der Waals surface area contributed by atoms with Crippen molar-refractivity contribution in [3.8, 4) is 5.75 Å². The Morgan fingerprint density at radius 3 is 2.62 bits per heavy atom. The molecule has 0 saturated carbocycles. The van der Waals surface area contributed by atoms with Gasteiger partial charge in [0.15, 0.2) is 0 Å². The van der Waals surface area contributed by atoms with Gasteiger partial charge in [0.25, 0.3) is 0 Å². The average molecular weight is 279 g/mol. The SMILES string of the molecule is CCC1=C(Cc2ccncc2)CCc2cc(OC)ccc21. The summed E-state index contributed by atoms with van der Waals surface area (Å²) in [5.74, 6) is 0.960. The van der Waals surface area contributed by atoms with Crippen molar-refractivity contribution in [2.75, 3.05) is 7.11 Å². The molecule has 1 aliphatic carbocycles. The third-order valence-corrected chi connectivity index (χ3v) is 4.28. The molecule has 108 valence electrons. The zero-order chi connectivity index (χ0) is 14.7. The Balaban J connectivity index is 1.97. The molecule has 1 heterocycles. The zero-order valence-electron chi connectivity index (χ0n) is 12.7. The molecule has 2 heteroatoms. The van der Waals surface area contributed by atoms with E-state index in [-0.39, 0.29) is 0 Å². The van der Waals surface area contributed by atoms with E-state index in [9.17, 15) is 0 Å². The van der Waals surface area contributed by atoms with E-state index in [1.165, 1.54) is 22.3 Å². The molecule has 0 saturated heterocycles. The van der Waals surface area contributed by atoms with Crippen LogP contribution in [0.2, 0.25) is 0 Å². The first-order chi connectivity index (χ1) is 10.3. The summed E-state index contributed by atoms with van der Waals surface area (Å²) in [5.41, 5.74) is 7.26. The highest BCUT2D eigenvalue weighted by molar-refractivity contribution is 5.74. The van der Waals surface area contributed by atoms with Crippen LogP contribution in [-0.2, 0) is 12.8 Å². The van der Waals surface area contributed by atoms with Gasteiger partial charge in [-0.1, -0.05) is 18.6 Å². The second-order valence-electron chi connectivity index (χ2n) is 5.49. The van der Waals surface area contributed by atoms with Crippen LogP contribution in [0.1, 0.15) is 36.5 Å². The number of pyridine rings is 1. The lowest BCUT2D eigenvalue weighted by atomic mass is 9.82. The monoisotopic (exact) mass is 279 g/mol. The molecule has 21 heavy (non-hydrogen) atoms. The molecule has 3 rings (SSSR count). The molecular formula is C19H21NO. The molecule has 2 aromatic rings. The van der Waals surface area contributed by atoms with E-state index in [4.69, 9.17) is 4.74 Å². The lowest BCUT2D eigenvalue weighted by Gasteiger charge is -2.24. The number of aryl methyl sites for hydroxylation is 1. The number of hydrogen-bond acceptors (Lipinski definition) is 2. The van der Waals surface area contributed by atoms with E-state index in [0.717, 1.165) is 31.4 Å². The Kier molecular flexibility index (Phi) is 4.05. The summed E-state index contributed by atoms with van der Waals surface area (Å²) in [5, 5.41) is 0. The molecule has 0 radical (unpaired) electrons. The summed E-state index contributed by atoms with van der Waals surface area (Å²) >= 11 is 0. The van der Waals surface area contributed by atoms with Crippen molar-refractivity contribution >= 4 is 5.57 Å². The van der Waals surface area contributed by atoms with Crippen molar-refractivity contribution in [1.82, 2.24) is 4.98 Å². The van der Waals surface area contributed by atoms with E-state index in [1.807, 2.05) is 12.4 Å². The second-order valence-corrected chi connectivity index (χ2v) is 5.49. The quantitative estimate of drug-likeness (QED) is 0.825. The van der Waals surface area contributed by atoms with Crippen LogP contribution in [0, 0.1) is 0 Å². The molecule has 1 aromatic heterocycles. The van der Waals surface area contributed by atoms with E-state index >= 15 is 0 Å². The third kappa shape index (κ3) is 2.85. The van der Waals surface area contributed by atoms with E-state index in [1.54, 1.807) is 12.7 Å². The highest BCUT2D eigenvalue weighted by Crippen LogP contribution is 2.36. The molecule has 0 aliphatic heterocycles. The van der Waals surface area contributed by atoms with Crippen LogP contribution in [0.25, 0.3) is 5.57 Å².